The van der Waals surface area contributed by atoms with Crippen LogP contribution in [0.4, 0.5) is 5.82 Å². The van der Waals surface area contributed by atoms with Crippen LogP contribution >= 0.6 is 0 Å². The van der Waals surface area contributed by atoms with Crippen LogP contribution in [0.15, 0.2) is 18.5 Å². The second kappa shape index (κ2) is 4.75. The summed E-state index contributed by atoms with van der Waals surface area (Å²) in [7, 11) is 0. The summed E-state index contributed by atoms with van der Waals surface area (Å²) >= 11 is 0. The van der Waals surface area contributed by atoms with Gasteiger partial charge in [0.15, 0.2) is 0 Å². The van der Waals surface area contributed by atoms with E-state index in [0.29, 0.717) is 18.1 Å². The van der Waals surface area contributed by atoms with E-state index in [1.165, 1.54) is 0 Å². The second-order valence-electron chi connectivity index (χ2n) is 4.77. The number of rotatable bonds is 2. The van der Waals surface area contributed by atoms with E-state index in [2.05, 4.69) is 20.2 Å². The molecule has 1 unspecified atom stereocenters. The molecule has 1 fully saturated rings. The third-order valence-corrected chi connectivity index (χ3v) is 3.44. The number of anilines is 1. The first-order valence-corrected chi connectivity index (χ1v) is 6.33. The molecule has 4 N–H and O–H groups in total. The Morgan fingerprint density at radius 2 is 2.42 bits per heavy atom. The summed E-state index contributed by atoms with van der Waals surface area (Å²) in [6.45, 7) is 1.43. The minimum atomic E-state index is -0.0551. The Morgan fingerprint density at radius 1 is 1.53 bits per heavy atom. The predicted octanol–water partition coefficient (Wildman–Crippen LogP) is 0.735. The van der Waals surface area contributed by atoms with Crippen LogP contribution < -0.4 is 5.73 Å². The van der Waals surface area contributed by atoms with Gasteiger partial charge in [-0.1, -0.05) is 0 Å². The molecule has 7 nitrogen and oxygen atoms in total. The summed E-state index contributed by atoms with van der Waals surface area (Å²) < 4.78 is 0. The lowest BCUT2D eigenvalue weighted by Gasteiger charge is -2.31. The van der Waals surface area contributed by atoms with Crippen molar-refractivity contribution in [2.45, 2.75) is 18.8 Å². The van der Waals surface area contributed by atoms with Crippen molar-refractivity contribution in [3.05, 3.63) is 30.0 Å². The molecule has 1 amide bonds. The molecule has 0 bridgehead atoms. The van der Waals surface area contributed by atoms with Gasteiger partial charge in [0.1, 0.15) is 17.3 Å². The molecule has 1 saturated heterocycles. The highest BCUT2D eigenvalue weighted by molar-refractivity contribution is 5.93. The topological polar surface area (TPSA) is 104 Å². The monoisotopic (exact) mass is 260 g/mol. The van der Waals surface area contributed by atoms with Gasteiger partial charge in [-0.05, 0) is 12.8 Å². The zero-order valence-corrected chi connectivity index (χ0v) is 10.5. The van der Waals surface area contributed by atoms with Gasteiger partial charge in [-0.15, -0.1) is 0 Å². The Labute approximate surface area is 110 Å². The number of carbonyl (C=O) groups excluding carboxylic acids is 1. The number of likely N-dealkylation sites (tertiary alicyclic amines) is 1. The van der Waals surface area contributed by atoms with Crippen LogP contribution in [-0.4, -0.2) is 44.1 Å². The zero-order chi connectivity index (χ0) is 13.2. The van der Waals surface area contributed by atoms with E-state index in [1.54, 1.807) is 12.3 Å². The molecule has 1 aliphatic heterocycles. The van der Waals surface area contributed by atoms with Crippen molar-refractivity contribution in [1.29, 1.82) is 0 Å². The number of hydrogen-bond acceptors (Lipinski definition) is 4. The molecule has 2 aromatic heterocycles. The number of imidazole rings is 1. The largest absolute Gasteiger partial charge is 0.382 e. The summed E-state index contributed by atoms with van der Waals surface area (Å²) in [5.41, 5.74) is 5.96. The fraction of sp³-hybridized carbons (Fsp3) is 0.417. The molecule has 19 heavy (non-hydrogen) atoms. The van der Waals surface area contributed by atoms with Gasteiger partial charge in [-0.25, -0.2) is 4.98 Å². The highest BCUT2D eigenvalue weighted by Crippen LogP contribution is 2.25. The van der Waals surface area contributed by atoms with Crippen LogP contribution in [0.25, 0.3) is 0 Å². The molecule has 3 heterocycles. The molecular formula is C12H16N6O. The van der Waals surface area contributed by atoms with Crippen molar-refractivity contribution in [2.24, 2.45) is 0 Å². The molecule has 0 spiro atoms. The van der Waals surface area contributed by atoms with Crippen molar-refractivity contribution in [3.8, 4) is 0 Å². The Hall–Kier alpha value is -2.31. The molecule has 0 aromatic carbocycles. The Morgan fingerprint density at radius 3 is 3.11 bits per heavy atom. The highest BCUT2D eigenvalue weighted by atomic mass is 16.2. The summed E-state index contributed by atoms with van der Waals surface area (Å²) in [5.74, 6) is 1.50. The van der Waals surface area contributed by atoms with Crippen molar-refractivity contribution < 1.29 is 4.79 Å². The number of nitrogen functional groups attached to an aromatic ring is 1. The Bertz CT molecular complexity index is 561. The van der Waals surface area contributed by atoms with Crippen LogP contribution in [-0.2, 0) is 0 Å². The Balaban J connectivity index is 1.73. The fourth-order valence-corrected chi connectivity index (χ4v) is 2.50. The van der Waals surface area contributed by atoms with Gasteiger partial charge in [0.05, 0.1) is 0 Å². The van der Waals surface area contributed by atoms with Gasteiger partial charge < -0.3 is 15.6 Å². The molecule has 3 rings (SSSR count). The first kappa shape index (κ1) is 11.8. The minimum absolute atomic E-state index is 0.0551. The number of nitrogens with zero attached hydrogens (tertiary/aromatic N) is 3. The lowest BCUT2D eigenvalue weighted by atomic mass is 9.97. The second-order valence-corrected chi connectivity index (χ2v) is 4.77. The number of H-pyrrole nitrogens is 2. The number of carbonyl (C=O) groups is 1. The lowest BCUT2D eigenvalue weighted by molar-refractivity contribution is 0.0699. The van der Waals surface area contributed by atoms with Gasteiger partial charge in [-0.3, -0.25) is 9.89 Å². The van der Waals surface area contributed by atoms with Crippen molar-refractivity contribution >= 4 is 11.7 Å². The van der Waals surface area contributed by atoms with Gasteiger partial charge >= 0.3 is 0 Å². The number of hydrogen-bond donors (Lipinski definition) is 3. The van der Waals surface area contributed by atoms with Gasteiger partial charge in [0.2, 0.25) is 0 Å². The van der Waals surface area contributed by atoms with Crippen LogP contribution in [0.3, 0.4) is 0 Å². The molecule has 1 atom stereocenters. The lowest BCUT2D eigenvalue weighted by Crippen LogP contribution is -2.39. The maximum absolute atomic E-state index is 12.3. The summed E-state index contributed by atoms with van der Waals surface area (Å²) in [6, 6.07) is 1.57. The molecule has 2 aromatic rings. The third-order valence-electron chi connectivity index (χ3n) is 3.44. The van der Waals surface area contributed by atoms with E-state index in [-0.39, 0.29) is 11.8 Å². The summed E-state index contributed by atoms with van der Waals surface area (Å²) in [5, 5.41) is 6.45. The molecular weight excluding hydrogens is 244 g/mol. The highest BCUT2D eigenvalue weighted by Gasteiger charge is 2.27. The van der Waals surface area contributed by atoms with E-state index in [0.717, 1.165) is 25.2 Å². The number of piperidine rings is 1. The van der Waals surface area contributed by atoms with Crippen molar-refractivity contribution in [1.82, 2.24) is 25.1 Å². The number of nitrogens with one attached hydrogen (secondary N) is 2. The van der Waals surface area contributed by atoms with Crippen LogP contribution in [0, 0.1) is 0 Å². The number of aromatic nitrogens is 4. The Kier molecular flexibility index (Phi) is 2.94. The van der Waals surface area contributed by atoms with Crippen molar-refractivity contribution in [3.63, 3.8) is 0 Å². The molecule has 1 aliphatic rings. The maximum Gasteiger partial charge on any atom is 0.271 e. The van der Waals surface area contributed by atoms with E-state index >= 15 is 0 Å². The van der Waals surface area contributed by atoms with E-state index < -0.39 is 0 Å². The average molecular weight is 260 g/mol. The minimum Gasteiger partial charge on any atom is -0.382 e. The fourth-order valence-electron chi connectivity index (χ4n) is 2.50. The maximum atomic E-state index is 12.3. The predicted molar refractivity (Wildman–Crippen MR) is 69.5 cm³/mol. The summed E-state index contributed by atoms with van der Waals surface area (Å²) in [6.07, 6.45) is 5.57. The SMILES string of the molecule is Nc1cc(C(=O)N2CCCC(c3ncc[nH]3)C2)[nH]n1. The van der Waals surface area contributed by atoms with Gasteiger partial charge in [0.25, 0.3) is 5.91 Å². The average Bonchev–Trinajstić information content (AvgIpc) is 3.09. The number of aromatic amines is 2. The van der Waals surface area contributed by atoms with Crippen molar-refractivity contribution in [2.75, 3.05) is 18.8 Å². The third kappa shape index (κ3) is 2.31. The number of amides is 1. The van der Waals surface area contributed by atoms with E-state index in [1.807, 2.05) is 11.1 Å². The van der Waals surface area contributed by atoms with Crippen LogP contribution in [0.1, 0.15) is 35.1 Å². The molecule has 7 heteroatoms. The van der Waals surface area contributed by atoms with E-state index in [9.17, 15) is 4.79 Å². The smallest absolute Gasteiger partial charge is 0.271 e. The quantitative estimate of drug-likeness (QED) is 0.740. The normalized spacial score (nSPS) is 19.6. The summed E-state index contributed by atoms with van der Waals surface area (Å²) in [4.78, 5) is 21.5. The first-order chi connectivity index (χ1) is 9.24. The van der Waals surface area contributed by atoms with Gasteiger partial charge in [-0.2, -0.15) is 5.10 Å². The first-order valence-electron chi connectivity index (χ1n) is 6.33. The van der Waals surface area contributed by atoms with Crippen LogP contribution in [0.2, 0.25) is 0 Å². The van der Waals surface area contributed by atoms with Gasteiger partial charge in [0, 0.05) is 37.5 Å². The molecule has 0 saturated carbocycles. The molecule has 100 valence electrons. The standard InChI is InChI=1S/C12H16N6O/c13-10-6-9(16-17-10)12(19)18-5-1-2-8(7-18)11-14-3-4-15-11/h3-4,6,8H,1-2,5,7H2,(H,14,15)(H3,13,16,17). The molecule has 0 radical (unpaired) electrons. The van der Waals surface area contributed by atoms with E-state index in [4.69, 9.17) is 5.73 Å². The van der Waals surface area contributed by atoms with Crippen LogP contribution in [0.5, 0.6) is 0 Å². The molecule has 0 aliphatic carbocycles. The zero-order valence-electron chi connectivity index (χ0n) is 10.5. The number of nitrogens with two attached hydrogens (primary N) is 1.